The molecule has 0 aliphatic heterocycles. The number of amides is 1. The highest BCUT2D eigenvalue weighted by Gasteiger charge is 2.25. The number of furan rings is 1. The molecule has 2 heterocycles. The maximum absolute atomic E-state index is 13.2. The normalized spacial score (nSPS) is 11.7. The van der Waals surface area contributed by atoms with E-state index in [0.717, 1.165) is 16.1 Å². The second-order valence-electron chi connectivity index (χ2n) is 7.01. The van der Waals surface area contributed by atoms with Crippen molar-refractivity contribution >= 4 is 32.8 Å². The van der Waals surface area contributed by atoms with Gasteiger partial charge in [0.2, 0.25) is 15.7 Å². The molecule has 8 nitrogen and oxygen atoms in total. The van der Waals surface area contributed by atoms with E-state index in [2.05, 4.69) is 4.98 Å². The second-order valence-corrected chi connectivity index (χ2v) is 9.03. The first-order valence-electron chi connectivity index (χ1n) is 9.25. The number of nitrogens with zero attached hydrogens (tertiary/aromatic N) is 2. The van der Waals surface area contributed by atoms with E-state index in [9.17, 15) is 17.6 Å². The number of benzene rings is 1. The van der Waals surface area contributed by atoms with Crippen LogP contribution in [0, 0.1) is 5.82 Å². The third kappa shape index (κ3) is 4.44. The van der Waals surface area contributed by atoms with Crippen molar-refractivity contribution in [1.82, 2.24) is 4.98 Å². The number of carbonyl (C=O) groups is 1. The van der Waals surface area contributed by atoms with E-state index in [1.807, 2.05) is 0 Å². The van der Waals surface area contributed by atoms with Gasteiger partial charge in [-0.05, 0) is 48.7 Å². The number of nitrogens with two attached hydrogens (primary N) is 2. The van der Waals surface area contributed by atoms with Gasteiger partial charge in [0, 0.05) is 13.5 Å². The standard InChI is InChI=1S/C20H23FN4O4S/c1-25(30(2,27)28)19-13(4-3-9-22)11-15-17(18(23)26)16(29-20(15)24-19)10-12-5-7-14(21)8-6-12/h5-8,11H,3-4,9-10,22H2,1-2H3,(H2,23,26). The van der Waals surface area contributed by atoms with Gasteiger partial charge in [-0.2, -0.15) is 4.98 Å². The van der Waals surface area contributed by atoms with Gasteiger partial charge in [-0.3, -0.25) is 9.10 Å². The summed E-state index contributed by atoms with van der Waals surface area (Å²) in [4.78, 5) is 16.6. The van der Waals surface area contributed by atoms with E-state index >= 15 is 0 Å². The first-order valence-corrected chi connectivity index (χ1v) is 11.1. The maximum atomic E-state index is 13.2. The number of rotatable bonds is 8. The molecule has 2 aromatic heterocycles. The molecule has 3 aromatic rings. The molecule has 3 rings (SSSR count). The zero-order valence-electron chi connectivity index (χ0n) is 16.7. The lowest BCUT2D eigenvalue weighted by atomic mass is 10.0. The fourth-order valence-corrected chi connectivity index (χ4v) is 3.66. The molecule has 0 atom stereocenters. The molecule has 1 aromatic carbocycles. The van der Waals surface area contributed by atoms with E-state index in [1.54, 1.807) is 18.2 Å². The summed E-state index contributed by atoms with van der Waals surface area (Å²) >= 11 is 0. The van der Waals surface area contributed by atoms with Crippen LogP contribution in [0.1, 0.15) is 33.7 Å². The SMILES string of the molecule is CN(c1nc2oc(Cc3ccc(F)cc3)c(C(N)=O)c2cc1CCCN)S(C)(=O)=O. The lowest BCUT2D eigenvalue weighted by Gasteiger charge is -2.19. The molecule has 4 N–H and O–H groups in total. The molecule has 0 saturated carbocycles. The molecular formula is C20H23FN4O4S. The Kier molecular flexibility index (Phi) is 6.09. The van der Waals surface area contributed by atoms with Gasteiger partial charge in [-0.15, -0.1) is 0 Å². The van der Waals surface area contributed by atoms with E-state index in [-0.39, 0.29) is 35.1 Å². The number of pyridine rings is 1. The van der Waals surface area contributed by atoms with Crippen LogP contribution in [0.5, 0.6) is 0 Å². The van der Waals surface area contributed by atoms with Crippen molar-refractivity contribution in [3.05, 3.63) is 58.6 Å². The second kappa shape index (κ2) is 8.41. The number of aromatic nitrogens is 1. The number of hydrogen-bond acceptors (Lipinski definition) is 6. The van der Waals surface area contributed by atoms with Crippen molar-refractivity contribution in [3.8, 4) is 0 Å². The van der Waals surface area contributed by atoms with Gasteiger partial charge in [0.15, 0.2) is 0 Å². The summed E-state index contributed by atoms with van der Waals surface area (Å²) in [6.45, 7) is 0.407. The summed E-state index contributed by atoms with van der Waals surface area (Å²) in [6, 6.07) is 7.45. The Labute approximate surface area is 173 Å². The van der Waals surface area contributed by atoms with Gasteiger partial charge in [0.05, 0.1) is 17.2 Å². The average Bonchev–Trinajstić information content (AvgIpc) is 3.02. The van der Waals surface area contributed by atoms with Crippen LogP contribution in [0.4, 0.5) is 10.2 Å². The monoisotopic (exact) mass is 434 g/mol. The Morgan fingerprint density at radius 1 is 1.27 bits per heavy atom. The van der Waals surface area contributed by atoms with Crippen LogP contribution in [0.3, 0.4) is 0 Å². The summed E-state index contributed by atoms with van der Waals surface area (Å²) in [6.07, 6.45) is 2.34. The molecule has 0 unspecified atom stereocenters. The molecule has 0 radical (unpaired) electrons. The van der Waals surface area contributed by atoms with Gasteiger partial charge in [0.1, 0.15) is 17.4 Å². The van der Waals surface area contributed by atoms with Crippen LogP contribution in [0.25, 0.3) is 11.1 Å². The van der Waals surface area contributed by atoms with Crippen molar-refractivity contribution in [2.24, 2.45) is 11.5 Å². The fourth-order valence-electron chi connectivity index (χ4n) is 3.19. The van der Waals surface area contributed by atoms with E-state index in [1.165, 1.54) is 19.2 Å². The minimum atomic E-state index is -3.57. The lowest BCUT2D eigenvalue weighted by molar-refractivity contribution is 0.1000. The Hall–Kier alpha value is -2.98. The Morgan fingerprint density at radius 2 is 1.93 bits per heavy atom. The van der Waals surface area contributed by atoms with Gasteiger partial charge < -0.3 is 15.9 Å². The smallest absolute Gasteiger partial charge is 0.252 e. The Bertz CT molecular complexity index is 1190. The average molecular weight is 434 g/mol. The van der Waals surface area contributed by atoms with Crippen LogP contribution in [-0.2, 0) is 22.9 Å². The van der Waals surface area contributed by atoms with Crippen molar-refractivity contribution in [2.75, 3.05) is 24.2 Å². The summed E-state index contributed by atoms with van der Waals surface area (Å²) in [7, 11) is -2.18. The van der Waals surface area contributed by atoms with Crippen LogP contribution >= 0.6 is 0 Å². The topological polar surface area (TPSA) is 133 Å². The molecule has 0 bridgehead atoms. The highest BCUT2D eigenvalue weighted by Crippen LogP contribution is 2.32. The molecule has 0 fully saturated rings. The number of anilines is 1. The molecule has 0 saturated heterocycles. The minimum absolute atomic E-state index is 0.0999. The van der Waals surface area contributed by atoms with E-state index in [4.69, 9.17) is 15.9 Å². The first-order chi connectivity index (χ1) is 14.1. The third-order valence-electron chi connectivity index (χ3n) is 4.78. The molecule has 0 aliphatic carbocycles. The summed E-state index contributed by atoms with van der Waals surface area (Å²) in [5.74, 6) is -0.586. The number of halogens is 1. The predicted molar refractivity (Wildman–Crippen MR) is 112 cm³/mol. The fraction of sp³-hybridized carbons (Fsp3) is 0.300. The highest BCUT2D eigenvalue weighted by molar-refractivity contribution is 7.92. The number of aryl methyl sites for hydroxylation is 1. The zero-order valence-corrected chi connectivity index (χ0v) is 17.5. The summed E-state index contributed by atoms with van der Waals surface area (Å²) in [5.41, 5.74) is 12.8. The molecule has 0 aliphatic rings. The number of primary amides is 1. The van der Waals surface area contributed by atoms with Crippen LogP contribution in [-0.4, -0.2) is 39.2 Å². The van der Waals surface area contributed by atoms with Crippen molar-refractivity contribution in [3.63, 3.8) is 0 Å². The largest absolute Gasteiger partial charge is 0.441 e. The molecular weight excluding hydrogens is 411 g/mol. The minimum Gasteiger partial charge on any atom is -0.441 e. The van der Waals surface area contributed by atoms with Crippen molar-refractivity contribution < 1.29 is 22.0 Å². The van der Waals surface area contributed by atoms with Crippen LogP contribution in [0.2, 0.25) is 0 Å². The summed E-state index contributed by atoms with van der Waals surface area (Å²) < 4.78 is 44.2. The van der Waals surface area contributed by atoms with Crippen LogP contribution < -0.4 is 15.8 Å². The van der Waals surface area contributed by atoms with E-state index in [0.29, 0.717) is 30.3 Å². The van der Waals surface area contributed by atoms with Crippen LogP contribution in [0.15, 0.2) is 34.7 Å². The number of hydrogen-bond donors (Lipinski definition) is 2. The van der Waals surface area contributed by atoms with Crippen molar-refractivity contribution in [1.29, 1.82) is 0 Å². The van der Waals surface area contributed by atoms with E-state index < -0.39 is 15.9 Å². The highest BCUT2D eigenvalue weighted by atomic mass is 32.2. The number of carbonyl (C=O) groups excluding carboxylic acids is 1. The van der Waals surface area contributed by atoms with Gasteiger partial charge >= 0.3 is 0 Å². The Morgan fingerprint density at radius 3 is 2.50 bits per heavy atom. The molecule has 0 spiro atoms. The maximum Gasteiger partial charge on any atom is 0.252 e. The van der Waals surface area contributed by atoms with Gasteiger partial charge in [-0.25, -0.2) is 12.8 Å². The first kappa shape index (κ1) is 21.7. The van der Waals surface area contributed by atoms with Crippen molar-refractivity contribution in [2.45, 2.75) is 19.3 Å². The quantitative estimate of drug-likeness (QED) is 0.557. The predicted octanol–water partition coefficient (Wildman–Crippen LogP) is 1.94. The molecule has 10 heteroatoms. The Balaban J connectivity index is 2.18. The zero-order chi connectivity index (χ0) is 22.1. The third-order valence-corrected chi connectivity index (χ3v) is 5.95. The summed E-state index contributed by atoms with van der Waals surface area (Å²) in [5, 5.41) is 0.400. The lowest BCUT2D eigenvalue weighted by Crippen LogP contribution is -2.27. The number of sulfonamides is 1. The molecule has 30 heavy (non-hydrogen) atoms. The molecule has 160 valence electrons. The number of fused-ring (bicyclic) bond motifs is 1. The molecule has 1 amide bonds. The van der Waals surface area contributed by atoms with Gasteiger partial charge in [-0.1, -0.05) is 12.1 Å². The van der Waals surface area contributed by atoms with Gasteiger partial charge in [0.25, 0.3) is 5.91 Å².